The summed E-state index contributed by atoms with van der Waals surface area (Å²) >= 11 is 0. The number of allylic oxidation sites excluding steroid dienone is 16. The zero-order chi connectivity index (χ0) is 68.3. The predicted octanol–water partition coefficient (Wildman–Crippen LogP) is 26.6. The van der Waals surface area contributed by atoms with Crippen LogP contribution in [0.2, 0.25) is 0 Å². The third kappa shape index (κ3) is 77.9. The van der Waals surface area contributed by atoms with Gasteiger partial charge in [-0.2, -0.15) is 0 Å². The van der Waals surface area contributed by atoms with Crippen molar-refractivity contribution in [2.75, 3.05) is 47.5 Å². The van der Waals surface area contributed by atoms with Gasteiger partial charge < -0.3 is 18.9 Å². The number of phosphoric ester groups is 1. The third-order valence-corrected chi connectivity index (χ3v) is 18.6. The summed E-state index contributed by atoms with van der Waals surface area (Å²) in [5, 5.41) is 0. The van der Waals surface area contributed by atoms with Gasteiger partial charge in [-0.15, -0.1) is 0 Å². The molecular weight excluding hydrogens is 1180 g/mol. The molecule has 0 aliphatic carbocycles. The second-order valence-corrected chi connectivity index (χ2v) is 29.5. The van der Waals surface area contributed by atoms with Crippen LogP contribution in [0.1, 0.15) is 373 Å². The highest BCUT2D eigenvalue weighted by atomic mass is 31.2. The number of quaternary nitrogens is 1. The van der Waals surface area contributed by atoms with Gasteiger partial charge in [-0.3, -0.25) is 18.6 Å². The molecule has 0 aromatic heterocycles. The first-order chi connectivity index (χ1) is 46.0. The lowest BCUT2D eigenvalue weighted by molar-refractivity contribution is -0.870. The summed E-state index contributed by atoms with van der Waals surface area (Å²) in [5.41, 5.74) is 0. The molecule has 546 valence electrons. The summed E-state index contributed by atoms with van der Waals surface area (Å²) in [6, 6.07) is 0. The number of esters is 2. The molecular formula is C84H153NO8P+. The fraction of sp³-hybridized carbons (Fsp3) is 0.786. The molecule has 0 fully saturated rings. The molecule has 0 saturated carbocycles. The first-order valence-corrected chi connectivity index (χ1v) is 41.5. The molecule has 9 nitrogen and oxygen atoms in total. The minimum absolute atomic E-state index is 0.0302. The number of phosphoric acid groups is 1. The number of unbranched alkanes of at least 4 members (excludes halogenated alkanes) is 44. The molecule has 2 unspecified atom stereocenters. The zero-order valence-corrected chi connectivity index (χ0v) is 63.3. The van der Waals surface area contributed by atoms with E-state index in [4.69, 9.17) is 18.5 Å². The van der Waals surface area contributed by atoms with E-state index in [2.05, 4.69) is 111 Å². The molecule has 2 atom stereocenters. The highest BCUT2D eigenvalue weighted by Crippen LogP contribution is 2.43. The Morgan fingerprint density at radius 3 is 0.915 bits per heavy atom. The van der Waals surface area contributed by atoms with E-state index in [1.807, 2.05) is 21.1 Å². The highest BCUT2D eigenvalue weighted by molar-refractivity contribution is 7.47. The minimum atomic E-state index is -4.40. The van der Waals surface area contributed by atoms with Gasteiger partial charge in [0, 0.05) is 12.8 Å². The van der Waals surface area contributed by atoms with Crippen LogP contribution in [0.5, 0.6) is 0 Å². The van der Waals surface area contributed by atoms with Gasteiger partial charge in [-0.1, -0.05) is 361 Å². The number of carbonyl (C=O) groups is 2. The number of hydrogen-bond acceptors (Lipinski definition) is 7. The Hall–Kier alpha value is -3.07. The standard InChI is InChI=1S/C84H152NO8P/c1-6-8-10-12-14-16-18-20-22-24-26-28-30-32-34-36-38-40-42-44-46-48-50-52-54-56-58-60-62-64-66-68-70-72-74-76-83(86)90-80-82(81-92-94(88,89)91-79-78-85(3,4)5)93-84(87)77-75-73-71-69-67-65-63-61-59-57-55-53-51-49-47-45-43-41-39-37-35-33-31-29-27-25-23-21-19-17-15-13-11-9-7-2/h9,11,15,17,21,23-24,26-27,29,33,35,39,41,45,47,82H,6-8,10,12-14,16,18-20,22,25,28,30-32,34,36-38,40,42-44,46,48-81H2,1-5H3/p+1/b11-9-,17-15-,23-21-,26-24-,29-27-,35-33-,41-39-,47-45-. The molecule has 0 saturated heterocycles. The van der Waals surface area contributed by atoms with E-state index in [0.717, 1.165) is 83.5 Å². The van der Waals surface area contributed by atoms with Crippen LogP contribution in [-0.4, -0.2) is 74.9 Å². The largest absolute Gasteiger partial charge is 0.472 e. The van der Waals surface area contributed by atoms with Crippen LogP contribution in [-0.2, 0) is 32.7 Å². The van der Waals surface area contributed by atoms with Gasteiger partial charge >= 0.3 is 19.8 Å². The second-order valence-electron chi connectivity index (χ2n) is 28.1. The first-order valence-electron chi connectivity index (χ1n) is 40.0. The normalized spacial score (nSPS) is 13.6. The van der Waals surface area contributed by atoms with Crippen molar-refractivity contribution in [3.05, 3.63) is 97.2 Å². The second kappa shape index (κ2) is 74.2. The lowest BCUT2D eigenvalue weighted by Crippen LogP contribution is -2.37. The maximum Gasteiger partial charge on any atom is 0.472 e. The average Bonchev–Trinajstić information content (AvgIpc) is 1.68. The van der Waals surface area contributed by atoms with E-state index < -0.39 is 26.5 Å². The molecule has 0 rings (SSSR count). The fourth-order valence-corrected chi connectivity index (χ4v) is 12.3. The average molecular weight is 1340 g/mol. The minimum Gasteiger partial charge on any atom is -0.462 e. The van der Waals surface area contributed by atoms with Crippen molar-refractivity contribution < 1.29 is 42.1 Å². The summed E-state index contributed by atoms with van der Waals surface area (Å²) in [5.74, 6) is -0.785. The van der Waals surface area contributed by atoms with Crippen molar-refractivity contribution in [1.29, 1.82) is 0 Å². The van der Waals surface area contributed by atoms with E-state index in [1.54, 1.807) is 0 Å². The van der Waals surface area contributed by atoms with Crippen molar-refractivity contribution in [2.24, 2.45) is 0 Å². The van der Waals surface area contributed by atoms with Gasteiger partial charge in [0.15, 0.2) is 6.10 Å². The van der Waals surface area contributed by atoms with Crippen LogP contribution in [0, 0.1) is 0 Å². The molecule has 10 heteroatoms. The van der Waals surface area contributed by atoms with Crippen molar-refractivity contribution in [3.8, 4) is 0 Å². The van der Waals surface area contributed by atoms with Crippen LogP contribution >= 0.6 is 7.82 Å². The van der Waals surface area contributed by atoms with E-state index in [-0.39, 0.29) is 25.6 Å². The number of hydrogen-bond donors (Lipinski definition) is 1. The molecule has 0 aliphatic heterocycles. The smallest absolute Gasteiger partial charge is 0.462 e. The number of rotatable bonds is 74. The number of carbonyl (C=O) groups excluding carboxylic acids is 2. The van der Waals surface area contributed by atoms with Crippen LogP contribution < -0.4 is 0 Å². The predicted molar refractivity (Wildman–Crippen MR) is 408 cm³/mol. The summed E-state index contributed by atoms with van der Waals surface area (Å²) in [4.78, 5) is 36.0. The summed E-state index contributed by atoms with van der Waals surface area (Å²) in [7, 11) is 1.49. The van der Waals surface area contributed by atoms with Gasteiger partial charge in [0.25, 0.3) is 0 Å². The first kappa shape index (κ1) is 90.9. The Morgan fingerprint density at radius 2 is 0.606 bits per heavy atom. The Morgan fingerprint density at radius 1 is 0.340 bits per heavy atom. The zero-order valence-electron chi connectivity index (χ0n) is 62.4. The van der Waals surface area contributed by atoms with Crippen LogP contribution in [0.4, 0.5) is 0 Å². The Kier molecular flexibility index (Phi) is 71.7. The molecule has 0 aromatic rings. The maximum atomic E-state index is 12.9. The van der Waals surface area contributed by atoms with E-state index in [9.17, 15) is 19.0 Å². The van der Waals surface area contributed by atoms with Crippen molar-refractivity contribution in [1.82, 2.24) is 0 Å². The van der Waals surface area contributed by atoms with Crippen molar-refractivity contribution in [3.63, 3.8) is 0 Å². The highest BCUT2D eigenvalue weighted by Gasteiger charge is 2.27. The molecule has 0 amide bonds. The van der Waals surface area contributed by atoms with Crippen molar-refractivity contribution >= 4 is 19.8 Å². The van der Waals surface area contributed by atoms with Gasteiger partial charge in [0.05, 0.1) is 27.7 Å². The van der Waals surface area contributed by atoms with E-state index >= 15 is 0 Å². The van der Waals surface area contributed by atoms with E-state index in [1.165, 1.54) is 257 Å². The Balaban J connectivity index is 3.96. The molecule has 0 spiro atoms. The number of ether oxygens (including phenoxy) is 2. The molecule has 0 radical (unpaired) electrons. The summed E-state index contributed by atoms with van der Waals surface area (Å²) in [6.45, 7) is 4.37. The molecule has 0 bridgehead atoms. The number of likely N-dealkylation sites (N-methyl/N-ethyl adjacent to an activating group) is 1. The number of nitrogens with zero attached hydrogens (tertiary/aromatic N) is 1. The lowest BCUT2D eigenvalue weighted by atomic mass is 10.0. The molecule has 0 heterocycles. The van der Waals surface area contributed by atoms with Crippen LogP contribution in [0.25, 0.3) is 0 Å². The van der Waals surface area contributed by atoms with Gasteiger partial charge in [-0.25, -0.2) is 4.57 Å². The van der Waals surface area contributed by atoms with Crippen molar-refractivity contribution in [2.45, 2.75) is 380 Å². The molecule has 0 aliphatic rings. The monoisotopic (exact) mass is 1340 g/mol. The maximum absolute atomic E-state index is 12.9. The summed E-state index contributed by atoms with van der Waals surface area (Å²) < 4.78 is 34.8. The quantitative estimate of drug-likeness (QED) is 0.0211. The van der Waals surface area contributed by atoms with E-state index in [0.29, 0.717) is 23.9 Å². The third-order valence-electron chi connectivity index (χ3n) is 17.6. The molecule has 94 heavy (non-hydrogen) atoms. The molecule has 0 aromatic carbocycles. The Bertz CT molecular complexity index is 1910. The topological polar surface area (TPSA) is 108 Å². The summed E-state index contributed by atoms with van der Waals surface area (Å²) in [6.07, 6.45) is 104. The van der Waals surface area contributed by atoms with Gasteiger partial charge in [-0.05, 0) is 96.3 Å². The van der Waals surface area contributed by atoms with Gasteiger partial charge in [0.1, 0.15) is 19.8 Å². The lowest BCUT2D eigenvalue weighted by Gasteiger charge is -2.24. The SMILES string of the molecule is CC/C=C\C/C=C\C/C=C\C/C=C\C/C=C\C/C=C\C/C=C\CCCCCCCCCCCCCCCC(=O)OC(COC(=O)CCCCCCCCCCCCCCCCCCCCCCCCC/C=C\CCCCCCCCCC)COP(=O)(O)OCC[N+](C)(C)C. The van der Waals surface area contributed by atoms with Gasteiger partial charge in [0.2, 0.25) is 0 Å². The molecule has 1 N–H and O–H groups in total. The van der Waals surface area contributed by atoms with Crippen LogP contribution in [0.15, 0.2) is 97.2 Å². The van der Waals surface area contributed by atoms with Crippen LogP contribution in [0.3, 0.4) is 0 Å². The Labute approximate surface area is 583 Å². The fourth-order valence-electron chi connectivity index (χ4n) is 11.5.